The van der Waals surface area contributed by atoms with E-state index in [2.05, 4.69) is 20.8 Å². The van der Waals surface area contributed by atoms with E-state index in [0.29, 0.717) is 16.9 Å². The second kappa shape index (κ2) is 3.98. The maximum Gasteiger partial charge on any atom is 0.0662 e. The summed E-state index contributed by atoms with van der Waals surface area (Å²) in [6.45, 7) is 7.96. The molecule has 0 aliphatic heterocycles. The normalized spacial score (nSPS) is 42.2. The fraction of sp³-hybridized carbons (Fsp3) is 1.00. The molecular formula is C16H28O. The SMILES string of the molecule is CCOC1C2CC(CC23CCCCC3)C1(C)C. The molecule has 0 aromatic carbocycles. The lowest BCUT2D eigenvalue weighted by Gasteiger charge is -2.50. The first-order chi connectivity index (χ1) is 8.10. The molecule has 17 heavy (non-hydrogen) atoms. The van der Waals surface area contributed by atoms with Crippen molar-refractivity contribution in [3.63, 3.8) is 0 Å². The smallest absolute Gasteiger partial charge is 0.0662 e. The van der Waals surface area contributed by atoms with Crippen molar-refractivity contribution < 1.29 is 4.74 Å². The van der Waals surface area contributed by atoms with Crippen LogP contribution >= 0.6 is 0 Å². The van der Waals surface area contributed by atoms with Crippen LogP contribution in [-0.4, -0.2) is 12.7 Å². The fourth-order valence-electron chi connectivity index (χ4n) is 5.39. The summed E-state index contributed by atoms with van der Waals surface area (Å²) >= 11 is 0. The zero-order chi connectivity index (χ0) is 12.1. The molecule has 0 heterocycles. The minimum absolute atomic E-state index is 0.434. The Balaban J connectivity index is 1.85. The van der Waals surface area contributed by atoms with Crippen LogP contribution in [-0.2, 0) is 4.74 Å². The van der Waals surface area contributed by atoms with Gasteiger partial charge in [-0.1, -0.05) is 33.1 Å². The van der Waals surface area contributed by atoms with Gasteiger partial charge in [0.1, 0.15) is 0 Å². The molecule has 3 rings (SSSR count). The second-order valence-corrected chi connectivity index (χ2v) is 7.36. The molecule has 1 heteroatoms. The minimum atomic E-state index is 0.434. The molecule has 3 saturated carbocycles. The third-order valence-electron chi connectivity index (χ3n) is 6.32. The number of ether oxygens (including phenoxy) is 1. The van der Waals surface area contributed by atoms with Gasteiger partial charge in [-0.2, -0.15) is 0 Å². The Hall–Kier alpha value is -0.0400. The Bertz CT molecular complexity index is 288. The first-order valence-corrected chi connectivity index (χ1v) is 7.72. The molecular weight excluding hydrogens is 208 g/mol. The summed E-state index contributed by atoms with van der Waals surface area (Å²) in [6.07, 6.45) is 10.9. The number of hydrogen-bond acceptors (Lipinski definition) is 1. The van der Waals surface area contributed by atoms with Gasteiger partial charge in [0.2, 0.25) is 0 Å². The Morgan fingerprint density at radius 1 is 1.12 bits per heavy atom. The molecule has 3 fully saturated rings. The molecule has 0 radical (unpaired) electrons. The molecule has 0 aromatic heterocycles. The topological polar surface area (TPSA) is 9.23 Å². The third-order valence-corrected chi connectivity index (χ3v) is 6.32. The van der Waals surface area contributed by atoms with Crippen LogP contribution in [0.2, 0.25) is 0 Å². The summed E-state index contributed by atoms with van der Waals surface area (Å²) in [6, 6.07) is 0. The highest BCUT2D eigenvalue weighted by atomic mass is 16.5. The molecule has 0 N–H and O–H groups in total. The molecule has 98 valence electrons. The van der Waals surface area contributed by atoms with E-state index in [0.717, 1.165) is 18.4 Å². The van der Waals surface area contributed by atoms with Crippen molar-refractivity contribution in [1.29, 1.82) is 0 Å². The van der Waals surface area contributed by atoms with Gasteiger partial charge in [0, 0.05) is 6.61 Å². The first-order valence-electron chi connectivity index (χ1n) is 7.72. The summed E-state index contributed by atoms with van der Waals surface area (Å²) in [5.41, 5.74) is 1.13. The average Bonchev–Trinajstić information content (AvgIpc) is 2.76. The maximum atomic E-state index is 6.18. The second-order valence-electron chi connectivity index (χ2n) is 7.36. The third kappa shape index (κ3) is 1.61. The van der Waals surface area contributed by atoms with E-state index < -0.39 is 0 Å². The van der Waals surface area contributed by atoms with Crippen LogP contribution in [0.1, 0.15) is 65.7 Å². The van der Waals surface area contributed by atoms with Crippen molar-refractivity contribution in [3.05, 3.63) is 0 Å². The molecule has 0 amide bonds. The fourth-order valence-corrected chi connectivity index (χ4v) is 5.39. The zero-order valence-electron chi connectivity index (χ0n) is 11.8. The van der Waals surface area contributed by atoms with Crippen molar-refractivity contribution in [2.75, 3.05) is 6.61 Å². The van der Waals surface area contributed by atoms with Gasteiger partial charge >= 0.3 is 0 Å². The standard InChI is InChI=1S/C16H28O/c1-4-17-14-13-10-12(15(14,2)3)11-16(13)8-6-5-7-9-16/h12-14H,4-11H2,1-3H3. The Morgan fingerprint density at radius 2 is 1.82 bits per heavy atom. The Labute approximate surface area is 106 Å². The summed E-state index contributed by atoms with van der Waals surface area (Å²) in [5, 5.41) is 0. The van der Waals surface area contributed by atoms with Crippen molar-refractivity contribution >= 4 is 0 Å². The minimum Gasteiger partial charge on any atom is -0.378 e. The predicted octanol–water partition coefficient (Wildman–Crippen LogP) is 4.41. The molecule has 3 aliphatic carbocycles. The lowest BCUT2D eigenvalue weighted by molar-refractivity contribution is -0.106. The van der Waals surface area contributed by atoms with Crippen LogP contribution in [0.4, 0.5) is 0 Å². The van der Waals surface area contributed by atoms with E-state index in [4.69, 9.17) is 4.74 Å². The van der Waals surface area contributed by atoms with Crippen molar-refractivity contribution in [1.82, 2.24) is 0 Å². The molecule has 0 aromatic rings. The monoisotopic (exact) mass is 236 g/mol. The molecule has 3 unspecified atom stereocenters. The van der Waals surface area contributed by atoms with Gasteiger partial charge in [0.05, 0.1) is 6.10 Å². The van der Waals surface area contributed by atoms with Crippen LogP contribution in [0.25, 0.3) is 0 Å². The van der Waals surface area contributed by atoms with E-state index in [1.54, 1.807) is 0 Å². The number of hydrogen-bond donors (Lipinski definition) is 0. The summed E-state index contributed by atoms with van der Waals surface area (Å²) in [7, 11) is 0. The van der Waals surface area contributed by atoms with E-state index in [9.17, 15) is 0 Å². The Kier molecular flexibility index (Phi) is 2.81. The Morgan fingerprint density at radius 3 is 2.41 bits per heavy atom. The van der Waals surface area contributed by atoms with Gasteiger partial charge in [0.15, 0.2) is 0 Å². The molecule has 1 spiro atoms. The van der Waals surface area contributed by atoms with Crippen LogP contribution < -0.4 is 0 Å². The zero-order valence-corrected chi connectivity index (χ0v) is 11.8. The van der Waals surface area contributed by atoms with Gasteiger partial charge < -0.3 is 4.74 Å². The maximum absolute atomic E-state index is 6.18. The van der Waals surface area contributed by atoms with Gasteiger partial charge in [-0.25, -0.2) is 0 Å². The van der Waals surface area contributed by atoms with Gasteiger partial charge in [0.25, 0.3) is 0 Å². The summed E-state index contributed by atoms with van der Waals surface area (Å²) < 4.78 is 6.18. The highest BCUT2D eigenvalue weighted by Crippen LogP contribution is 2.67. The quantitative estimate of drug-likeness (QED) is 0.690. The first kappa shape index (κ1) is 12.0. The van der Waals surface area contributed by atoms with Crippen molar-refractivity contribution in [2.45, 2.75) is 71.8 Å². The molecule has 2 bridgehead atoms. The van der Waals surface area contributed by atoms with E-state index in [-0.39, 0.29) is 0 Å². The van der Waals surface area contributed by atoms with Crippen LogP contribution in [0, 0.1) is 22.7 Å². The summed E-state index contributed by atoms with van der Waals surface area (Å²) in [4.78, 5) is 0. The van der Waals surface area contributed by atoms with Crippen LogP contribution in [0.5, 0.6) is 0 Å². The predicted molar refractivity (Wildman–Crippen MR) is 70.9 cm³/mol. The molecule has 3 aliphatic rings. The van der Waals surface area contributed by atoms with E-state index >= 15 is 0 Å². The highest BCUT2D eigenvalue weighted by molar-refractivity contribution is 5.12. The highest BCUT2D eigenvalue weighted by Gasteiger charge is 2.63. The lowest BCUT2D eigenvalue weighted by atomic mass is 9.58. The van der Waals surface area contributed by atoms with Gasteiger partial charge in [-0.15, -0.1) is 0 Å². The number of rotatable bonds is 2. The van der Waals surface area contributed by atoms with E-state index in [1.165, 1.54) is 44.9 Å². The average molecular weight is 236 g/mol. The molecule has 1 nitrogen and oxygen atoms in total. The van der Waals surface area contributed by atoms with Crippen molar-refractivity contribution in [2.24, 2.45) is 22.7 Å². The molecule has 0 saturated heterocycles. The van der Waals surface area contributed by atoms with Crippen molar-refractivity contribution in [3.8, 4) is 0 Å². The lowest BCUT2D eigenvalue weighted by Crippen LogP contribution is -2.47. The van der Waals surface area contributed by atoms with Gasteiger partial charge in [-0.05, 0) is 55.3 Å². The van der Waals surface area contributed by atoms with Crippen LogP contribution in [0.3, 0.4) is 0 Å². The van der Waals surface area contributed by atoms with Gasteiger partial charge in [-0.3, -0.25) is 0 Å². The largest absolute Gasteiger partial charge is 0.378 e. The summed E-state index contributed by atoms with van der Waals surface area (Å²) in [5.74, 6) is 1.81. The van der Waals surface area contributed by atoms with E-state index in [1.807, 2.05) is 0 Å². The number of fused-ring (bicyclic) bond motifs is 3. The molecule has 3 atom stereocenters. The van der Waals surface area contributed by atoms with Crippen LogP contribution in [0.15, 0.2) is 0 Å².